The van der Waals surface area contributed by atoms with Crippen molar-refractivity contribution in [3.8, 4) is 0 Å². The van der Waals surface area contributed by atoms with Crippen LogP contribution in [0.5, 0.6) is 0 Å². The third-order valence-corrected chi connectivity index (χ3v) is 2.01. The van der Waals surface area contributed by atoms with Crippen molar-refractivity contribution in [3.63, 3.8) is 0 Å². The van der Waals surface area contributed by atoms with Crippen LogP contribution in [-0.2, 0) is 9.59 Å². The predicted molar refractivity (Wildman–Crippen MR) is 39.8 cm³/mol. The molecule has 2 unspecified atom stereocenters. The van der Waals surface area contributed by atoms with Gasteiger partial charge in [0, 0.05) is 0 Å². The zero-order chi connectivity index (χ0) is 10.9. The van der Waals surface area contributed by atoms with Crippen molar-refractivity contribution in [2.75, 3.05) is 13.1 Å². The highest BCUT2D eigenvalue weighted by molar-refractivity contribution is 5.76. The first kappa shape index (κ1) is 10.9. The predicted octanol–water partition coefficient (Wildman–Crippen LogP) is -1.71. The van der Waals surface area contributed by atoms with Crippen molar-refractivity contribution in [2.24, 2.45) is 0 Å². The smallest absolute Gasteiger partial charge is 0.324 e. The first-order chi connectivity index (χ1) is 6.43. The average molecular weight is 206 g/mol. The van der Waals surface area contributed by atoms with Gasteiger partial charge in [-0.15, -0.1) is 0 Å². The summed E-state index contributed by atoms with van der Waals surface area (Å²) in [5, 5.41) is 36.2. The summed E-state index contributed by atoms with van der Waals surface area (Å²) in [5.41, 5.74) is 0. The highest BCUT2D eigenvalue weighted by Crippen LogP contribution is 2.11. The van der Waals surface area contributed by atoms with Crippen LogP contribution >= 0.6 is 0 Å². The molecule has 1 aliphatic heterocycles. The van der Waals surface area contributed by atoms with E-state index in [9.17, 15) is 9.59 Å². The van der Waals surface area contributed by atoms with Crippen molar-refractivity contribution in [1.29, 1.82) is 0 Å². The van der Waals surface area contributed by atoms with Gasteiger partial charge in [0.15, 0.2) is 0 Å². The van der Waals surface area contributed by atoms with Crippen LogP contribution in [0.25, 0.3) is 0 Å². The lowest BCUT2D eigenvalue weighted by atomic mass is 10.1. The van der Waals surface area contributed by atoms with Crippen molar-refractivity contribution in [2.45, 2.75) is 12.1 Å². The minimum atomic E-state index is -1.32. The molecule has 1 fully saturated rings. The summed E-state index contributed by atoms with van der Waals surface area (Å²) < 4.78 is 0. The molecule has 0 bridgehead atoms. The minimum Gasteiger partial charge on any atom is -0.480 e. The zero-order valence-corrected chi connectivity index (χ0v) is 7.07. The van der Waals surface area contributed by atoms with Crippen LogP contribution < -0.4 is 0 Å². The van der Waals surface area contributed by atoms with Gasteiger partial charge in [0.25, 0.3) is 0 Å². The molecule has 1 aliphatic rings. The first-order valence-electron chi connectivity index (χ1n) is 3.80. The van der Waals surface area contributed by atoms with Crippen molar-refractivity contribution in [1.82, 2.24) is 10.1 Å². The molecule has 0 spiro atoms. The van der Waals surface area contributed by atoms with Gasteiger partial charge in [0.2, 0.25) is 0 Å². The van der Waals surface area contributed by atoms with Crippen LogP contribution in [0, 0.1) is 0 Å². The molecule has 14 heavy (non-hydrogen) atoms. The second-order valence-electron chi connectivity index (χ2n) is 2.95. The molecule has 1 saturated heterocycles. The lowest BCUT2D eigenvalue weighted by Crippen LogP contribution is -2.60. The Balaban J connectivity index is 2.71. The standard InChI is InChI=1S/C6H10N2O6/c9-5(10)3-1-7(13)4(6(11)12)2-8(3)14/h3-4,13-14H,1-2H2,(H,9,10)(H,11,12). The summed E-state index contributed by atoms with van der Waals surface area (Å²) in [6.07, 6.45) is 0. The Bertz CT molecular complexity index is 231. The maximum absolute atomic E-state index is 10.5. The molecule has 80 valence electrons. The fourth-order valence-electron chi connectivity index (χ4n) is 1.21. The van der Waals surface area contributed by atoms with E-state index in [0.29, 0.717) is 10.1 Å². The van der Waals surface area contributed by atoms with Gasteiger partial charge in [-0.3, -0.25) is 9.59 Å². The molecule has 0 aromatic carbocycles. The van der Waals surface area contributed by atoms with Crippen LogP contribution in [0.2, 0.25) is 0 Å². The first-order valence-corrected chi connectivity index (χ1v) is 3.80. The van der Waals surface area contributed by atoms with Gasteiger partial charge >= 0.3 is 11.9 Å². The largest absolute Gasteiger partial charge is 0.480 e. The number of hydroxylamine groups is 4. The van der Waals surface area contributed by atoms with Crippen LogP contribution in [0.3, 0.4) is 0 Å². The molecule has 8 heteroatoms. The van der Waals surface area contributed by atoms with E-state index in [-0.39, 0.29) is 0 Å². The second kappa shape index (κ2) is 3.88. The molecular weight excluding hydrogens is 196 g/mol. The van der Waals surface area contributed by atoms with E-state index < -0.39 is 37.1 Å². The summed E-state index contributed by atoms with van der Waals surface area (Å²) in [4.78, 5) is 21.0. The molecule has 1 rings (SSSR count). The normalized spacial score (nSPS) is 30.1. The third-order valence-electron chi connectivity index (χ3n) is 2.01. The third kappa shape index (κ3) is 1.99. The van der Waals surface area contributed by atoms with Gasteiger partial charge in [0.1, 0.15) is 12.1 Å². The minimum absolute atomic E-state index is 0.397. The topological polar surface area (TPSA) is 122 Å². The number of aliphatic carboxylic acids is 2. The highest BCUT2D eigenvalue weighted by atomic mass is 16.5. The van der Waals surface area contributed by atoms with Crippen LogP contribution in [-0.4, -0.2) is 67.9 Å². The quantitative estimate of drug-likeness (QED) is 0.421. The number of nitrogens with zero attached hydrogens (tertiary/aromatic N) is 2. The van der Waals surface area contributed by atoms with Crippen molar-refractivity contribution >= 4 is 11.9 Å². The summed E-state index contributed by atoms with van der Waals surface area (Å²) in [5.74, 6) is -2.65. The number of carboxylic acids is 2. The Morgan fingerprint density at radius 3 is 1.43 bits per heavy atom. The summed E-state index contributed by atoms with van der Waals surface area (Å²) in [6, 6.07) is -2.62. The number of hydrogen-bond donors (Lipinski definition) is 4. The van der Waals surface area contributed by atoms with Crippen LogP contribution in [0.15, 0.2) is 0 Å². The molecule has 0 aliphatic carbocycles. The molecular formula is C6H10N2O6. The zero-order valence-electron chi connectivity index (χ0n) is 7.07. The molecule has 0 aromatic rings. The molecule has 2 atom stereocenters. The van der Waals surface area contributed by atoms with Crippen LogP contribution in [0.4, 0.5) is 0 Å². The summed E-state index contributed by atoms with van der Waals surface area (Å²) in [6.45, 7) is -0.911. The van der Waals surface area contributed by atoms with E-state index >= 15 is 0 Å². The Morgan fingerprint density at radius 1 is 0.929 bits per heavy atom. The fraction of sp³-hybridized carbons (Fsp3) is 0.667. The monoisotopic (exact) mass is 206 g/mol. The van der Waals surface area contributed by atoms with E-state index in [1.54, 1.807) is 0 Å². The van der Waals surface area contributed by atoms with Gasteiger partial charge in [-0.1, -0.05) is 0 Å². The number of piperazine rings is 1. The Labute approximate surface area is 78.5 Å². The average Bonchev–Trinajstić information content (AvgIpc) is 2.07. The number of hydrogen-bond acceptors (Lipinski definition) is 6. The molecule has 0 saturated carbocycles. The maximum Gasteiger partial charge on any atom is 0.324 e. The van der Waals surface area contributed by atoms with Gasteiger partial charge in [-0.25, -0.2) is 0 Å². The number of rotatable bonds is 2. The van der Waals surface area contributed by atoms with Crippen LogP contribution in [0.1, 0.15) is 0 Å². The van der Waals surface area contributed by atoms with Gasteiger partial charge in [-0.2, -0.15) is 10.1 Å². The van der Waals surface area contributed by atoms with Crippen molar-refractivity contribution < 1.29 is 30.2 Å². The van der Waals surface area contributed by atoms with Gasteiger partial charge in [0.05, 0.1) is 13.1 Å². The van der Waals surface area contributed by atoms with Gasteiger partial charge < -0.3 is 20.6 Å². The number of carboxylic acid groups (broad SMARTS) is 2. The van der Waals surface area contributed by atoms with E-state index in [0.717, 1.165) is 0 Å². The molecule has 4 N–H and O–H groups in total. The Hall–Kier alpha value is -1.22. The van der Waals surface area contributed by atoms with E-state index in [4.69, 9.17) is 20.6 Å². The fourth-order valence-corrected chi connectivity index (χ4v) is 1.21. The Kier molecular flexibility index (Phi) is 3.01. The highest BCUT2D eigenvalue weighted by Gasteiger charge is 2.40. The molecule has 0 aromatic heterocycles. The molecule has 0 radical (unpaired) electrons. The second-order valence-corrected chi connectivity index (χ2v) is 2.95. The van der Waals surface area contributed by atoms with E-state index in [1.807, 2.05) is 0 Å². The summed E-state index contributed by atoms with van der Waals surface area (Å²) >= 11 is 0. The maximum atomic E-state index is 10.5. The molecule has 8 nitrogen and oxygen atoms in total. The number of carbonyl (C=O) groups is 2. The Morgan fingerprint density at radius 2 is 1.21 bits per heavy atom. The van der Waals surface area contributed by atoms with Crippen molar-refractivity contribution in [3.05, 3.63) is 0 Å². The SMILES string of the molecule is O=C(O)C1CN(O)C(C(=O)O)CN1O. The lowest BCUT2D eigenvalue weighted by molar-refractivity contribution is -0.242. The summed E-state index contributed by atoms with van der Waals surface area (Å²) in [7, 11) is 0. The van der Waals surface area contributed by atoms with E-state index in [1.165, 1.54) is 0 Å². The van der Waals surface area contributed by atoms with Gasteiger partial charge in [-0.05, 0) is 0 Å². The van der Waals surface area contributed by atoms with E-state index in [2.05, 4.69) is 0 Å². The molecule has 1 heterocycles. The lowest BCUT2D eigenvalue weighted by Gasteiger charge is -2.36. The molecule has 0 amide bonds.